The van der Waals surface area contributed by atoms with E-state index in [0.29, 0.717) is 18.1 Å². The van der Waals surface area contributed by atoms with Gasteiger partial charge in [0, 0.05) is 35.3 Å². The van der Waals surface area contributed by atoms with E-state index in [-0.39, 0.29) is 23.9 Å². The third kappa shape index (κ3) is 3.89. The van der Waals surface area contributed by atoms with Crippen molar-refractivity contribution in [1.29, 1.82) is 0 Å². The minimum Gasteiger partial charge on any atom is -0.368 e. The second kappa shape index (κ2) is 7.04. The summed E-state index contributed by atoms with van der Waals surface area (Å²) in [4.78, 5) is 2.31. The third-order valence-electron chi connectivity index (χ3n) is 5.95. The van der Waals surface area contributed by atoms with Crippen LogP contribution in [0.5, 0.6) is 0 Å². The highest BCUT2D eigenvalue weighted by Gasteiger charge is 2.46. The number of rotatable bonds is 3. The van der Waals surface area contributed by atoms with E-state index in [0.717, 1.165) is 35.3 Å². The Morgan fingerprint density at radius 2 is 2.00 bits per heavy atom. The number of aromatic nitrogens is 4. The Hall–Kier alpha value is -2.03. The standard InChI is InChI=1S/C20H29F3N6/c1-12-8-16(20(21,22)23)29-17(25-12)9-14(27-29)15-6-5-7-28(15)11-13-10-24-26-18(13)19(2,3)4/h9-10,12,15-16,25H,5-8,11H2,1-4H3,(H,24,26)/t12-,15-,16-/m1/s1. The molecule has 1 fully saturated rings. The van der Waals surface area contributed by atoms with Gasteiger partial charge in [-0.3, -0.25) is 10.00 Å². The maximum absolute atomic E-state index is 13.6. The van der Waals surface area contributed by atoms with E-state index in [4.69, 9.17) is 0 Å². The van der Waals surface area contributed by atoms with Crippen LogP contribution in [0.3, 0.4) is 0 Å². The molecule has 0 aromatic carbocycles. The number of H-pyrrole nitrogens is 1. The largest absolute Gasteiger partial charge is 0.410 e. The lowest BCUT2D eigenvalue weighted by molar-refractivity contribution is -0.173. The Bertz CT molecular complexity index is 862. The van der Waals surface area contributed by atoms with Crippen LogP contribution in [0, 0.1) is 0 Å². The van der Waals surface area contributed by atoms with Crippen LogP contribution >= 0.6 is 0 Å². The SMILES string of the molecule is C[C@@H]1C[C@H](C(F)(F)F)n2nc([C@H]3CCCN3Cc3cn[nH]c3C(C)(C)C)cc2N1. The first-order valence-corrected chi connectivity index (χ1v) is 10.2. The van der Waals surface area contributed by atoms with E-state index >= 15 is 0 Å². The van der Waals surface area contributed by atoms with Crippen LogP contribution in [0.25, 0.3) is 0 Å². The Balaban J connectivity index is 1.60. The molecule has 0 bridgehead atoms. The number of likely N-dealkylation sites (tertiary alicyclic amines) is 1. The van der Waals surface area contributed by atoms with E-state index < -0.39 is 12.2 Å². The van der Waals surface area contributed by atoms with E-state index in [1.807, 2.05) is 6.20 Å². The van der Waals surface area contributed by atoms with Gasteiger partial charge in [0.25, 0.3) is 0 Å². The smallest absolute Gasteiger partial charge is 0.368 e. The molecule has 3 atom stereocenters. The van der Waals surface area contributed by atoms with E-state index in [1.165, 1.54) is 0 Å². The van der Waals surface area contributed by atoms with Crippen molar-refractivity contribution >= 4 is 5.82 Å². The predicted octanol–water partition coefficient (Wildman–Crippen LogP) is 4.55. The van der Waals surface area contributed by atoms with Gasteiger partial charge in [-0.25, -0.2) is 4.68 Å². The number of anilines is 1. The van der Waals surface area contributed by atoms with Gasteiger partial charge in [0.15, 0.2) is 6.04 Å². The van der Waals surface area contributed by atoms with Crippen LogP contribution in [-0.2, 0) is 12.0 Å². The summed E-state index contributed by atoms with van der Waals surface area (Å²) >= 11 is 0. The number of aromatic amines is 1. The van der Waals surface area contributed by atoms with Gasteiger partial charge in [0.2, 0.25) is 0 Å². The Morgan fingerprint density at radius 3 is 2.69 bits per heavy atom. The van der Waals surface area contributed by atoms with Gasteiger partial charge in [-0.05, 0) is 32.7 Å². The lowest BCUT2D eigenvalue weighted by atomic mass is 9.89. The molecule has 0 spiro atoms. The fourth-order valence-electron chi connectivity index (χ4n) is 4.59. The van der Waals surface area contributed by atoms with Crippen molar-refractivity contribution in [3.63, 3.8) is 0 Å². The molecule has 0 radical (unpaired) electrons. The van der Waals surface area contributed by atoms with Crippen molar-refractivity contribution in [2.75, 3.05) is 11.9 Å². The van der Waals surface area contributed by atoms with Gasteiger partial charge in [-0.2, -0.15) is 23.4 Å². The van der Waals surface area contributed by atoms with Gasteiger partial charge < -0.3 is 5.32 Å². The maximum Gasteiger partial charge on any atom is 0.410 e. The quantitative estimate of drug-likeness (QED) is 0.779. The molecule has 160 valence electrons. The van der Waals surface area contributed by atoms with Crippen LogP contribution in [-0.4, -0.2) is 43.6 Å². The van der Waals surface area contributed by atoms with Crippen LogP contribution in [0.4, 0.5) is 19.0 Å². The normalized spacial score (nSPS) is 25.8. The number of nitrogens with zero attached hydrogens (tertiary/aromatic N) is 4. The number of alkyl halides is 3. The topological polar surface area (TPSA) is 61.8 Å². The molecule has 9 heteroatoms. The molecule has 0 saturated carbocycles. The zero-order chi connectivity index (χ0) is 21.0. The van der Waals surface area contributed by atoms with Crippen molar-refractivity contribution in [3.05, 3.63) is 29.2 Å². The van der Waals surface area contributed by atoms with Crippen molar-refractivity contribution in [1.82, 2.24) is 24.9 Å². The lowest BCUT2D eigenvalue weighted by Gasteiger charge is -2.31. The van der Waals surface area contributed by atoms with Gasteiger partial charge in [-0.15, -0.1) is 0 Å². The molecule has 1 saturated heterocycles. The average Bonchev–Trinajstić information content (AvgIpc) is 3.31. The molecule has 2 aromatic heterocycles. The summed E-state index contributed by atoms with van der Waals surface area (Å²) in [6, 6.07) is 0.0106. The minimum atomic E-state index is -4.30. The van der Waals surface area contributed by atoms with Gasteiger partial charge in [-0.1, -0.05) is 20.8 Å². The molecule has 2 N–H and O–H groups in total. The predicted molar refractivity (Wildman–Crippen MR) is 105 cm³/mol. The Morgan fingerprint density at radius 1 is 1.24 bits per heavy atom. The molecule has 2 aromatic rings. The lowest BCUT2D eigenvalue weighted by Crippen LogP contribution is -2.37. The van der Waals surface area contributed by atoms with E-state index in [9.17, 15) is 13.2 Å². The summed E-state index contributed by atoms with van der Waals surface area (Å²) in [5.74, 6) is 0.464. The molecule has 0 amide bonds. The van der Waals surface area contributed by atoms with Crippen LogP contribution in [0.15, 0.2) is 12.3 Å². The summed E-state index contributed by atoms with van der Waals surface area (Å²) in [5.41, 5.74) is 2.90. The third-order valence-corrected chi connectivity index (χ3v) is 5.95. The number of nitrogens with one attached hydrogen (secondary N) is 2. The van der Waals surface area contributed by atoms with Gasteiger partial charge in [0.1, 0.15) is 5.82 Å². The van der Waals surface area contributed by atoms with Crippen molar-refractivity contribution in [3.8, 4) is 0 Å². The summed E-state index contributed by atoms with van der Waals surface area (Å²) in [7, 11) is 0. The van der Waals surface area contributed by atoms with Crippen LogP contribution < -0.4 is 5.32 Å². The summed E-state index contributed by atoms with van der Waals surface area (Å²) in [6.45, 7) is 9.80. The zero-order valence-corrected chi connectivity index (χ0v) is 17.3. The Kier molecular flexibility index (Phi) is 4.91. The molecular formula is C20H29F3N6. The van der Waals surface area contributed by atoms with Crippen molar-refractivity contribution < 1.29 is 13.2 Å². The highest BCUT2D eigenvalue weighted by atomic mass is 19.4. The molecule has 2 aliphatic heterocycles. The Labute approximate surface area is 168 Å². The molecular weight excluding hydrogens is 381 g/mol. The van der Waals surface area contributed by atoms with Crippen molar-refractivity contribution in [2.45, 2.75) is 83.2 Å². The first kappa shape index (κ1) is 20.3. The summed E-state index contributed by atoms with van der Waals surface area (Å²) in [6.07, 6.45) is -0.553. The molecule has 0 aliphatic carbocycles. The molecule has 4 rings (SSSR count). The fourth-order valence-corrected chi connectivity index (χ4v) is 4.59. The number of hydrogen-bond acceptors (Lipinski definition) is 4. The zero-order valence-electron chi connectivity index (χ0n) is 17.3. The molecule has 0 unspecified atom stereocenters. The molecule has 29 heavy (non-hydrogen) atoms. The first-order chi connectivity index (χ1) is 13.5. The summed E-state index contributed by atoms with van der Waals surface area (Å²) < 4.78 is 41.8. The van der Waals surface area contributed by atoms with E-state index in [1.54, 1.807) is 13.0 Å². The van der Waals surface area contributed by atoms with Crippen molar-refractivity contribution in [2.24, 2.45) is 0 Å². The first-order valence-electron chi connectivity index (χ1n) is 10.2. The number of halogens is 3. The second-order valence-corrected chi connectivity index (χ2v) is 9.39. The second-order valence-electron chi connectivity index (χ2n) is 9.39. The van der Waals surface area contributed by atoms with Crippen LogP contribution in [0.2, 0.25) is 0 Å². The maximum atomic E-state index is 13.6. The fraction of sp³-hybridized carbons (Fsp3) is 0.700. The molecule has 2 aliphatic rings. The minimum absolute atomic E-state index is 0.00400. The van der Waals surface area contributed by atoms with Gasteiger partial charge >= 0.3 is 6.18 Å². The summed E-state index contributed by atoms with van der Waals surface area (Å²) in [5, 5.41) is 14.9. The van der Waals surface area contributed by atoms with E-state index in [2.05, 4.69) is 46.3 Å². The van der Waals surface area contributed by atoms with Gasteiger partial charge in [0.05, 0.1) is 17.9 Å². The number of fused-ring (bicyclic) bond motifs is 1. The van der Waals surface area contributed by atoms with Crippen LogP contribution in [0.1, 0.15) is 76.0 Å². The molecule has 4 heterocycles. The molecule has 6 nitrogen and oxygen atoms in total. The highest BCUT2D eigenvalue weighted by molar-refractivity contribution is 5.42. The number of hydrogen-bond donors (Lipinski definition) is 2. The monoisotopic (exact) mass is 410 g/mol. The highest BCUT2D eigenvalue weighted by Crippen LogP contribution is 2.42. The average molecular weight is 410 g/mol.